The van der Waals surface area contributed by atoms with Crippen LogP contribution in [0.1, 0.15) is 41.6 Å². The van der Waals surface area contributed by atoms with E-state index in [1.165, 1.54) is 11.1 Å². The van der Waals surface area contributed by atoms with Crippen molar-refractivity contribution < 1.29 is 9.32 Å². The third kappa shape index (κ3) is 3.11. The summed E-state index contributed by atoms with van der Waals surface area (Å²) < 4.78 is 5.24. The van der Waals surface area contributed by atoms with Gasteiger partial charge in [-0.2, -0.15) is 4.98 Å². The van der Waals surface area contributed by atoms with E-state index in [4.69, 9.17) is 10.3 Å². The second-order valence-electron chi connectivity index (χ2n) is 5.26. The maximum atomic E-state index is 10.7. The Morgan fingerprint density at radius 2 is 2.29 bits per heavy atom. The first kappa shape index (κ1) is 13.8. The molecule has 1 aliphatic carbocycles. The second-order valence-corrected chi connectivity index (χ2v) is 5.26. The highest BCUT2D eigenvalue weighted by molar-refractivity contribution is 5.75. The van der Waals surface area contributed by atoms with Gasteiger partial charge in [0.05, 0.1) is 13.1 Å². The number of hydrogen-bond acceptors (Lipinski definition) is 5. The lowest BCUT2D eigenvalue weighted by Crippen LogP contribution is -2.28. The molecule has 0 radical (unpaired) electrons. The number of nitrogens with one attached hydrogen (secondary N) is 1. The van der Waals surface area contributed by atoms with Gasteiger partial charge in [0.1, 0.15) is 0 Å². The van der Waals surface area contributed by atoms with Gasteiger partial charge in [-0.1, -0.05) is 29.4 Å². The fraction of sp³-hybridized carbons (Fsp3) is 0.400. The number of primary amides is 1. The molecule has 0 fully saturated rings. The van der Waals surface area contributed by atoms with Crippen molar-refractivity contribution >= 4 is 5.91 Å². The number of rotatable bonds is 5. The van der Waals surface area contributed by atoms with Gasteiger partial charge in [0.2, 0.25) is 11.8 Å². The summed E-state index contributed by atoms with van der Waals surface area (Å²) >= 11 is 0. The fourth-order valence-corrected chi connectivity index (χ4v) is 2.80. The molecular weight excluding hydrogens is 268 g/mol. The van der Waals surface area contributed by atoms with Gasteiger partial charge < -0.3 is 10.3 Å². The maximum Gasteiger partial charge on any atom is 0.240 e. The molecule has 0 spiro atoms. The zero-order valence-corrected chi connectivity index (χ0v) is 11.7. The molecular formula is C15H18N4O2. The Hall–Kier alpha value is -2.21. The van der Waals surface area contributed by atoms with Crippen molar-refractivity contribution in [2.45, 2.75) is 31.7 Å². The van der Waals surface area contributed by atoms with Crippen molar-refractivity contribution in [3.63, 3.8) is 0 Å². The average Bonchev–Trinajstić information content (AvgIpc) is 2.95. The third-order valence-electron chi connectivity index (χ3n) is 3.74. The van der Waals surface area contributed by atoms with Crippen LogP contribution in [0.4, 0.5) is 0 Å². The summed E-state index contributed by atoms with van der Waals surface area (Å²) in [6.45, 7) is 0.453. The van der Waals surface area contributed by atoms with Crippen molar-refractivity contribution in [2.75, 3.05) is 6.54 Å². The van der Waals surface area contributed by atoms with Gasteiger partial charge in [0.25, 0.3) is 0 Å². The molecule has 1 amide bonds. The molecule has 1 heterocycles. The number of nitrogens with zero attached hydrogens (tertiary/aromatic N) is 2. The summed E-state index contributed by atoms with van der Waals surface area (Å²) in [5, 5.41) is 6.96. The normalized spacial score (nSPS) is 17.4. The van der Waals surface area contributed by atoms with E-state index in [1.807, 2.05) is 6.07 Å². The minimum absolute atomic E-state index is 0.101. The minimum Gasteiger partial charge on any atom is -0.369 e. The molecule has 1 aliphatic rings. The molecule has 6 nitrogen and oxygen atoms in total. The quantitative estimate of drug-likeness (QED) is 0.858. The topological polar surface area (TPSA) is 94.0 Å². The van der Waals surface area contributed by atoms with Crippen LogP contribution in [0, 0.1) is 0 Å². The summed E-state index contributed by atoms with van der Waals surface area (Å²) in [6.07, 6.45) is 3.27. The molecule has 1 unspecified atom stereocenters. The first-order valence-corrected chi connectivity index (χ1v) is 7.13. The molecule has 21 heavy (non-hydrogen) atoms. The van der Waals surface area contributed by atoms with Crippen LogP contribution in [0.2, 0.25) is 0 Å². The molecule has 0 aliphatic heterocycles. The van der Waals surface area contributed by atoms with E-state index in [0.717, 1.165) is 25.1 Å². The summed E-state index contributed by atoms with van der Waals surface area (Å²) in [5.74, 6) is 0.992. The lowest BCUT2D eigenvalue weighted by molar-refractivity contribution is -0.117. The smallest absolute Gasteiger partial charge is 0.240 e. The standard InChI is InChI=1S/C15H18N4O2/c16-13(20)8-17-9-14-18-15(19-21-14)12-7-3-5-10-4-1-2-6-11(10)12/h1-2,4,6,12,17H,3,5,7-9H2,(H2,16,20). The predicted octanol–water partition coefficient (Wildman–Crippen LogP) is 1.11. The average molecular weight is 286 g/mol. The largest absolute Gasteiger partial charge is 0.369 e. The number of nitrogens with two attached hydrogens (primary N) is 1. The van der Waals surface area contributed by atoms with Crippen molar-refractivity contribution in [1.29, 1.82) is 0 Å². The molecule has 2 aromatic rings. The zero-order valence-electron chi connectivity index (χ0n) is 11.7. The second kappa shape index (κ2) is 6.05. The van der Waals surface area contributed by atoms with Crippen molar-refractivity contribution in [3.05, 3.63) is 47.1 Å². The summed E-state index contributed by atoms with van der Waals surface area (Å²) in [7, 11) is 0. The van der Waals surface area contributed by atoms with Gasteiger partial charge in [-0.15, -0.1) is 0 Å². The lowest BCUT2D eigenvalue weighted by atomic mass is 9.82. The summed E-state index contributed by atoms with van der Waals surface area (Å²) in [4.78, 5) is 15.1. The first-order valence-electron chi connectivity index (χ1n) is 7.13. The van der Waals surface area contributed by atoms with Crippen LogP contribution in [0.25, 0.3) is 0 Å². The molecule has 3 N–H and O–H groups in total. The molecule has 0 saturated heterocycles. The van der Waals surface area contributed by atoms with Gasteiger partial charge >= 0.3 is 0 Å². The molecule has 0 bridgehead atoms. The monoisotopic (exact) mass is 286 g/mol. The number of amides is 1. The zero-order chi connectivity index (χ0) is 14.7. The Labute approximate surface area is 122 Å². The van der Waals surface area contributed by atoms with E-state index in [1.54, 1.807) is 0 Å². The Morgan fingerprint density at radius 3 is 3.14 bits per heavy atom. The van der Waals surface area contributed by atoms with Gasteiger partial charge in [-0.3, -0.25) is 10.1 Å². The summed E-state index contributed by atoms with van der Waals surface area (Å²) in [6, 6.07) is 8.42. The van der Waals surface area contributed by atoms with Crippen LogP contribution < -0.4 is 11.1 Å². The number of carbonyl (C=O) groups is 1. The fourth-order valence-electron chi connectivity index (χ4n) is 2.80. The third-order valence-corrected chi connectivity index (χ3v) is 3.74. The van der Waals surface area contributed by atoms with E-state index >= 15 is 0 Å². The van der Waals surface area contributed by atoms with E-state index in [-0.39, 0.29) is 12.5 Å². The molecule has 1 aromatic heterocycles. The van der Waals surface area contributed by atoms with Crippen LogP contribution in [0.15, 0.2) is 28.8 Å². The number of aromatic nitrogens is 2. The highest BCUT2D eigenvalue weighted by Crippen LogP contribution is 2.34. The molecule has 110 valence electrons. The van der Waals surface area contributed by atoms with Gasteiger partial charge in [0, 0.05) is 5.92 Å². The van der Waals surface area contributed by atoms with Crippen molar-refractivity contribution in [3.8, 4) is 0 Å². The Kier molecular flexibility index (Phi) is 3.96. The van der Waals surface area contributed by atoms with E-state index in [0.29, 0.717) is 12.4 Å². The highest BCUT2D eigenvalue weighted by atomic mass is 16.5. The van der Waals surface area contributed by atoms with Crippen LogP contribution in [-0.2, 0) is 17.8 Å². The first-order chi connectivity index (χ1) is 10.2. The van der Waals surface area contributed by atoms with E-state index in [9.17, 15) is 4.79 Å². The Bertz CT molecular complexity index is 638. The van der Waals surface area contributed by atoms with E-state index in [2.05, 4.69) is 33.7 Å². The summed E-state index contributed by atoms with van der Waals surface area (Å²) in [5.41, 5.74) is 7.72. The number of fused-ring (bicyclic) bond motifs is 1. The minimum atomic E-state index is -0.407. The van der Waals surface area contributed by atoms with Crippen LogP contribution in [0.3, 0.4) is 0 Å². The highest BCUT2D eigenvalue weighted by Gasteiger charge is 2.25. The SMILES string of the molecule is NC(=O)CNCc1nc(C2CCCc3ccccc32)no1. The number of benzene rings is 1. The molecule has 3 rings (SSSR count). The number of hydrogen-bond donors (Lipinski definition) is 2. The van der Waals surface area contributed by atoms with Crippen LogP contribution in [0.5, 0.6) is 0 Å². The van der Waals surface area contributed by atoms with Gasteiger partial charge in [0.15, 0.2) is 5.82 Å². The van der Waals surface area contributed by atoms with Crippen LogP contribution >= 0.6 is 0 Å². The predicted molar refractivity (Wildman–Crippen MR) is 76.4 cm³/mol. The van der Waals surface area contributed by atoms with Gasteiger partial charge in [-0.05, 0) is 30.4 Å². The molecule has 0 saturated carbocycles. The number of aryl methyl sites for hydroxylation is 1. The van der Waals surface area contributed by atoms with E-state index < -0.39 is 5.91 Å². The molecule has 6 heteroatoms. The Morgan fingerprint density at radius 1 is 1.43 bits per heavy atom. The van der Waals surface area contributed by atoms with Crippen molar-refractivity contribution in [2.24, 2.45) is 5.73 Å². The molecule has 1 aromatic carbocycles. The molecule has 1 atom stereocenters. The van der Waals surface area contributed by atoms with Crippen molar-refractivity contribution in [1.82, 2.24) is 15.5 Å². The lowest BCUT2D eigenvalue weighted by Gasteiger charge is -2.22. The van der Waals surface area contributed by atoms with Gasteiger partial charge in [-0.25, -0.2) is 0 Å². The van der Waals surface area contributed by atoms with Crippen LogP contribution in [-0.4, -0.2) is 22.6 Å². The maximum absolute atomic E-state index is 10.7. The Balaban J connectivity index is 1.73. The number of carbonyl (C=O) groups excluding carboxylic acids is 1.